The van der Waals surface area contributed by atoms with Crippen molar-refractivity contribution in [3.8, 4) is 16.9 Å². The van der Waals surface area contributed by atoms with Gasteiger partial charge in [-0.05, 0) is 86.5 Å². The van der Waals surface area contributed by atoms with E-state index in [0.29, 0.717) is 27.8 Å². The van der Waals surface area contributed by atoms with Crippen LogP contribution in [0.15, 0.2) is 260 Å². The van der Waals surface area contributed by atoms with Gasteiger partial charge in [0.15, 0.2) is 43.3 Å². The second-order valence-corrected chi connectivity index (χ2v) is 29.5. The monoisotopic (exact) mass is 1630 g/mol. The Kier molecular flexibility index (Phi) is 30.2. The molecule has 9 aromatic carbocycles. The summed E-state index contributed by atoms with van der Waals surface area (Å²) in [5, 5.41) is 0. The van der Waals surface area contributed by atoms with E-state index < -0.39 is 160 Å². The lowest BCUT2D eigenvalue weighted by atomic mass is 9.95. The molecule has 1 aliphatic carbocycles. The third-order valence-electron chi connectivity index (χ3n) is 19.9. The number of ether oxygens (including phenoxy) is 18. The van der Waals surface area contributed by atoms with Crippen LogP contribution >= 0.6 is 11.8 Å². The lowest BCUT2D eigenvalue weighted by Gasteiger charge is -2.50. The number of fused-ring (bicyclic) bond motifs is 3. The maximum atomic E-state index is 14.6. The van der Waals surface area contributed by atoms with Gasteiger partial charge in [0.1, 0.15) is 74.4 Å². The van der Waals surface area contributed by atoms with E-state index in [-0.39, 0.29) is 50.5 Å². The molecule has 9 aromatic rings. The van der Waals surface area contributed by atoms with Crippen LogP contribution in [0.25, 0.3) is 11.1 Å². The molecular weight excluding hydrogens is 1540 g/mol. The Morgan fingerprint density at radius 2 is 0.746 bits per heavy atom. The SMILES string of the molecule is CC(=O)OC[C@H]1O[C@H](O[C@@H]2[C@@H](OC(C)=O)[C@@H](OC[C@H]3O[C@H](OCc4ccc(OC(=O)c5ccccc5)cc4)[C@H](OC(C)=O)[C@@H](OC(C)=O)[C@@H]3OCc3ccccc3)O[C@H](COC(=O)OCC3c4ccccc4-c4ccccc43)[C@H]2OCc2ccccc2)[C@H](O[C@H](CSc2ccccc2)c2ccccc2)[C@@H](OC(C)=O)[C@@H]1OCc1ccccc1. The van der Waals surface area contributed by atoms with Crippen molar-refractivity contribution in [1.29, 1.82) is 0 Å². The number of esters is 6. The van der Waals surface area contributed by atoms with Gasteiger partial charge in [0, 0.05) is 51.2 Å². The summed E-state index contributed by atoms with van der Waals surface area (Å²) in [7, 11) is 0. The van der Waals surface area contributed by atoms with Gasteiger partial charge in [0.2, 0.25) is 0 Å². The third kappa shape index (κ3) is 23.1. The Morgan fingerprint density at radius 1 is 0.347 bits per heavy atom. The van der Waals surface area contributed by atoms with Crippen LogP contribution in [-0.4, -0.2) is 166 Å². The molecule has 616 valence electrons. The quantitative estimate of drug-likeness (QED) is 0.0154. The van der Waals surface area contributed by atoms with E-state index in [0.717, 1.165) is 39.6 Å². The number of rotatable bonds is 35. The van der Waals surface area contributed by atoms with Gasteiger partial charge in [-0.25, -0.2) is 9.59 Å². The van der Waals surface area contributed by atoms with E-state index in [2.05, 4.69) is 0 Å². The third-order valence-corrected chi connectivity index (χ3v) is 21.0. The maximum Gasteiger partial charge on any atom is 0.508 e. The van der Waals surface area contributed by atoms with E-state index in [4.69, 9.17) is 85.3 Å². The molecule has 25 nitrogen and oxygen atoms in total. The summed E-state index contributed by atoms with van der Waals surface area (Å²) >= 11 is 1.48. The molecular formula is C92H92O25S. The summed E-state index contributed by atoms with van der Waals surface area (Å²) in [5.41, 5.74) is 7.49. The second kappa shape index (κ2) is 41.9. The molecule has 118 heavy (non-hydrogen) atoms. The number of carbonyl (C=O) groups is 7. The fraction of sp³-hybridized carbons (Fsp3) is 0.337. The molecule has 0 N–H and O–H groups in total. The van der Waals surface area contributed by atoms with E-state index in [1.54, 1.807) is 66.7 Å². The second-order valence-electron chi connectivity index (χ2n) is 28.4. The summed E-state index contributed by atoms with van der Waals surface area (Å²) in [5.74, 6) is -4.42. The van der Waals surface area contributed by atoms with Gasteiger partial charge < -0.3 is 85.3 Å². The van der Waals surface area contributed by atoms with Crippen LogP contribution in [0, 0.1) is 0 Å². The van der Waals surface area contributed by atoms with E-state index >= 15 is 0 Å². The van der Waals surface area contributed by atoms with Crippen LogP contribution < -0.4 is 4.74 Å². The summed E-state index contributed by atoms with van der Waals surface area (Å²) < 4.78 is 119. The van der Waals surface area contributed by atoms with Crippen LogP contribution in [-0.2, 0) is 131 Å². The fourth-order valence-corrected chi connectivity index (χ4v) is 15.5. The van der Waals surface area contributed by atoms with Crippen molar-refractivity contribution < 1.29 is 119 Å². The van der Waals surface area contributed by atoms with Crippen LogP contribution in [0.1, 0.15) is 95.9 Å². The minimum Gasteiger partial charge on any atom is -0.463 e. The molecule has 4 aliphatic rings. The van der Waals surface area contributed by atoms with Gasteiger partial charge in [0.05, 0.1) is 44.7 Å². The minimum atomic E-state index is -1.84. The zero-order valence-corrected chi connectivity index (χ0v) is 66.4. The van der Waals surface area contributed by atoms with Crippen LogP contribution in [0.2, 0.25) is 0 Å². The molecule has 0 saturated carbocycles. The Bertz CT molecular complexity index is 4700. The van der Waals surface area contributed by atoms with Gasteiger partial charge in [-0.15, -0.1) is 11.8 Å². The largest absolute Gasteiger partial charge is 0.508 e. The van der Waals surface area contributed by atoms with Crippen LogP contribution in [0.4, 0.5) is 4.79 Å². The molecule has 0 bridgehead atoms. The van der Waals surface area contributed by atoms with Crippen molar-refractivity contribution >= 4 is 53.7 Å². The fourth-order valence-electron chi connectivity index (χ4n) is 14.6. The maximum absolute atomic E-state index is 14.6. The number of benzene rings is 9. The summed E-state index contributed by atoms with van der Waals surface area (Å²) in [6.45, 7) is 3.41. The van der Waals surface area contributed by atoms with Crippen LogP contribution in [0.3, 0.4) is 0 Å². The topological polar surface area (TPSA) is 286 Å². The van der Waals surface area contributed by atoms with Gasteiger partial charge in [-0.1, -0.05) is 218 Å². The number of carbonyl (C=O) groups excluding carboxylic acids is 7. The first kappa shape index (κ1) is 84.9. The predicted octanol–water partition coefficient (Wildman–Crippen LogP) is 13.9. The lowest BCUT2D eigenvalue weighted by Crippen LogP contribution is -2.67. The molecule has 0 aromatic heterocycles. The van der Waals surface area contributed by atoms with Crippen molar-refractivity contribution in [1.82, 2.24) is 0 Å². The summed E-state index contributed by atoms with van der Waals surface area (Å²) in [6.07, 6.45) is -25.1. The van der Waals surface area contributed by atoms with E-state index in [1.165, 1.54) is 39.5 Å². The number of hydrogen-bond acceptors (Lipinski definition) is 26. The van der Waals surface area contributed by atoms with Crippen LogP contribution in [0.5, 0.6) is 5.75 Å². The highest BCUT2D eigenvalue weighted by Crippen LogP contribution is 2.46. The minimum absolute atomic E-state index is 0.0625. The lowest BCUT2D eigenvalue weighted by molar-refractivity contribution is -0.377. The van der Waals surface area contributed by atoms with Crippen molar-refractivity contribution in [2.45, 2.75) is 170 Å². The van der Waals surface area contributed by atoms with Crippen molar-refractivity contribution in [3.05, 3.63) is 299 Å². The first-order valence-corrected chi connectivity index (χ1v) is 39.8. The van der Waals surface area contributed by atoms with Crippen molar-refractivity contribution in [3.63, 3.8) is 0 Å². The molecule has 3 saturated heterocycles. The van der Waals surface area contributed by atoms with Gasteiger partial charge in [-0.2, -0.15) is 0 Å². The first-order chi connectivity index (χ1) is 57.4. The molecule has 16 atom stereocenters. The molecule has 3 fully saturated rings. The molecule has 0 amide bonds. The normalized spacial score (nSPS) is 23.5. The highest BCUT2D eigenvalue weighted by Gasteiger charge is 2.58. The summed E-state index contributed by atoms with van der Waals surface area (Å²) in [4.78, 5) is 96.9. The Hall–Kier alpha value is -11.0. The zero-order valence-electron chi connectivity index (χ0n) is 65.5. The van der Waals surface area contributed by atoms with E-state index in [9.17, 15) is 33.6 Å². The van der Waals surface area contributed by atoms with Gasteiger partial charge >= 0.3 is 42.0 Å². The molecule has 0 radical (unpaired) electrons. The molecule has 0 spiro atoms. The number of thioether (sulfide) groups is 1. The van der Waals surface area contributed by atoms with E-state index in [1.807, 2.05) is 188 Å². The summed E-state index contributed by atoms with van der Waals surface area (Å²) in [6, 6.07) is 77.0. The first-order valence-electron chi connectivity index (χ1n) is 38.8. The average molecular weight is 1630 g/mol. The smallest absolute Gasteiger partial charge is 0.463 e. The average Bonchev–Trinajstić information content (AvgIpc) is 0.795. The molecule has 26 heteroatoms. The van der Waals surface area contributed by atoms with Crippen molar-refractivity contribution in [2.24, 2.45) is 0 Å². The Morgan fingerprint density at radius 3 is 1.26 bits per heavy atom. The van der Waals surface area contributed by atoms with Gasteiger partial charge in [-0.3, -0.25) is 24.0 Å². The highest BCUT2D eigenvalue weighted by atomic mass is 32.2. The highest BCUT2D eigenvalue weighted by molar-refractivity contribution is 7.99. The molecule has 3 aliphatic heterocycles. The van der Waals surface area contributed by atoms with Crippen molar-refractivity contribution in [2.75, 3.05) is 32.2 Å². The van der Waals surface area contributed by atoms with Gasteiger partial charge in [0.25, 0.3) is 0 Å². The zero-order chi connectivity index (χ0) is 82.3. The standard InChI is InChI=1S/C92H92O25S/c1-57(93)100-53-75-79(101-48-62-28-12-6-13-29-62)83(109-59(3)95)87(113-78(66-34-18-9-19-35-66)56-118-69-38-22-11-23-39-69)91(116-75)117-84-81(103-50-64-32-16-8-17-33-64)77(55-107-92(99)106-52-74-72-42-26-24-40-70(72)71-41-25-27-43-73(71)74)115-90(86(84)111-61(5)97)105-54-76-80(102-49-63-30-14-7-15-31-63)82(108-58(2)94)85(110-60(4)96)89(114-76)104-51-65-44-46-68(47-45-65)112-88(98)67-36-20-10-21-37-67/h6-47,74-87,89-91H,48-56H2,1-5H3/t75-,76-,77-,78-,79-,80-,81-,82+,83+,84+,85-,86-,87-,89+,90+,91-/m1/s1. The molecule has 3 heterocycles. The molecule has 13 rings (SSSR count). The Balaban J connectivity index is 0.903. The Labute approximate surface area is 687 Å². The molecule has 0 unspecified atom stereocenters. The predicted molar refractivity (Wildman–Crippen MR) is 426 cm³/mol. The number of hydrogen-bond donors (Lipinski definition) is 0.